The predicted octanol–water partition coefficient (Wildman–Crippen LogP) is 4.04. The van der Waals surface area contributed by atoms with E-state index in [2.05, 4.69) is 17.3 Å². The van der Waals surface area contributed by atoms with E-state index in [1.54, 1.807) is 23.1 Å². The Labute approximate surface area is 147 Å². The number of rotatable bonds is 6. The minimum Gasteiger partial charge on any atom is -0.471 e. The standard InChI is InChI=1S/C20H21N3O2/c1-3-16-8-10-18(11-9-16)25-14-23-13-17(12-21-23)22-20(24)19-7-5-4-6-15(19)2/h4-13H,3,14H2,1-2H3,(H,22,24). The molecule has 1 amide bonds. The fourth-order valence-corrected chi connectivity index (χ4v) is 2.49. The van der Waals surface area contributed by atoms with Crippen molar-refractivity contribution in [1.82, 2.24) is 9.78 Å². The zero-order valence-electron chi connectivity index (χ0n) is 14.4. The molecule has 0 aliphatic rings. The summed E-state index contributed by atoms with van der Waals surface area (Å²) in [5.74, 6) is 0.645. The zero-order valence-corrected chi connectivity index (χ0v) is 14.4. The van der Waals surface area contributed by atoms with Gasteiger partial charge in [-0.1, -0.05) is 37.3 Å². The van der Waals surface area contributed by atoms with Crippen molar-refractivity contribution in [2.45, 2.75) is 27.0 Å². The normalized spacial score (nSPS) is 10.5. The van der Waals surface area contributed by atoms with Crippen LogP contribution in [0.3, 0.4) is 0 Å². The number of nitrogens with zero attached hydrogens (tertiary/aromatic N) is 2. The number of ether oxygens (including phenoxy) is 1. The van der Waals surface area contributed by atoms with Gasteiger partial charge in [0.1, 0.15) is 5.75 Å². The number of benzene rings is 2. The fourth-order valence-electron chi connectivity index (χ4n) is 2.49. The van der Waals surface area contributed by atoms with Crippen LogP contribution in [-0.2, 0) is 13.2 Å². The van der Waals surface area contributed by atoms with Crippen molar-refractivity contribution in [1.29, 1.82) is 0 Å². The van der Waals surface area contributed by atoms with Crippen molar-refractivity contribution in [2.75, 3.05) is 5.32 Å². The highest BCUT2D eigenvalue weighted by Crippen LogP contribution is 2.14. The Bertz CT molecular complexity index is 853. The summed E-state index contributed by atoms with van der Waals surface area (Å²) in [7, 11) is 0. The molecule has 0 spiro atoms. The second-order valence-electron chi connectivity index (χ2n) is 5.81. The number of anilines is 1. The summed E-state index contributed by atoms with van der Waals surface area (Å²) in [6.07, 6.45) is 4.36. The summed E-state index contributed by atoms with van der Waals surface area (Å²) in [4.78, 5) is 12.3. The van der Waals surface area contributed by atoms with E-state index in [-0.39, 0.29) is 12.6 Å². The minimum atomic E-state index is -0.145. The van der Waals surface area contributed by atoms with Crippen LogP contribution in [0.2, 0.25) is 0 Å². The molecule has 0 unspecified atom stereocenters. The first-order valence-corrected chi connectivity index (χ1v) is 8.27. The Morgan fingerprint density at radius 2 is 1.92 bits per heavy atom. The van der Waals surface area contributed by atoms with Crippen LogP contribution in [0.4, 0.5) is 5.69 Å². The number of carbonyl (C=O) groups is 1. The van der Waals surface area contributed by atoms with Crippen LogP contribution in [-0.4, -0.2) is 15.7 Å². The lowest BCUT2D eigenvalue weighted by Crippen LogP contribution is -2.12. The van der Waals surface area contributed by atoms with Gasteiger partial charge in [0, 0.05) is 5.56 Å². The molecule has 0 fully saturated rings. The number of amides is 1. The second-order valence-corrected chi connectivity index (χ2v) is 5.81. The molecule has 25 heavy (non-hydrogen) atoms. The molecule has 3 rings (SSSR count). The molecule has 128 valence electrons. The summed E-state index contributed by atoms with van der Waals surface area (Å²) in [6.45, 7) is 4.31. The molecule has 1 N–H and O–H groups in total. The third-order valence-corrected chi connectivity index (χ3v) is 3.98. The van der Waals surface area contributed by atoms with Gasteiger partial charge in [-0.2, -0.15) is 5.10 Å². The summed E-state index contributed by atoms with van der Waals surface area (Å²) < 4.78 is 7.34. The maximum absolute atomic E-state index is 12.3. The average Bonchev–Trinajstić information content (AvgIpc) is 3.08. The summed E-state index contributed by atoms with van der Waals surface area (Å²) in [6, 6.07) is 15.5. The lowest BCUT2D eigenvalue weighted by molar-refractivity contribution is 0.102. The van der Waals surface area contributed by atoms with E-state index in [0.29, 0.717) is 11.3 Å². The van der Waals surface area contributed by atoms with Gasteiger partial charge in [0.05, 0.1) is 18.1 Å². The highest BCUT2D eigenvalue weighted by atomic mass is 16.5. The van der Waals surface area contributed by atoms with Gasteiger partial charge in [0.2, 0.25) is 0 Å². The molecule has 0 atom stereocenters. The van der Waals surface area contributed by atoms with Gasteiger partial charge in [-0.25, -0.2) is 4.68 Å². The molecule has 0 bridgehead atoms. The van der Waals surface area contributed by atoms with E-state index in [9.17, 15) is 4.79 Å². The number of carbonyl (C=O) groups excluding carboxylic acids is 1. The second kappa shape index (κ2) is 7.66. The Kier molecular flexibility index (Phi) is 5.14. The zero-order chi connectivity index (χ0) is 17.6. The van der Waals surface area contributed by atoms with E-state index < -0.39 is 0 Å². The molecule has 2 aromatic carbocycles. The lowest BCUT2D eigenvalue weighted by atomic mass is 10.1. The van der Waals surface area contributed by atoms with E-state index in [1.165, 1.54) is 5.56 Å². The maximum atomic E-state index is 12.3. The quantitative estimate of drug-likeness (QED) is 0.739. The number of hydrogen-bond donors (Lipinski definition) is 1. The van der Waals surface area contributed by atoms with Crippen LogP contribution in [0.1, 0.15) is 28.4 Å². The Hall–Kier alpha value is -3.08. The van der Waals surface area contributed by atoms with Gasteiger partial charge < -0.3 is 10.1 Å². The highest BCUT2D eigenvalue weighted by Gasteiger charge is 2.09. The van der Waals surface area contributed by atoms with Crippen LogP contribution in [0.5, 0.6) is 5.75 Å². The SMILES string of the molecule is CCc1ccc(OCn2cc(NC(=O)c3ccccc3C)cn2)cc1. The largest absolute Gasteiger partial charge is 0.471 e. The number of aromatic nitrogens is 2. The molecule has 0 saturated heterocycles. The molecule has 3 aromatic rings. The van der Waals surface area contributed by atoms with Crippen molar-refractivity contribution in [2.24, 2.45) is 0 Å². The van der Waals surface area contributed by atoms with Crippen LogP contribution in [0, 0.1) is 6.92 Å². The first-order valence-electron chi connectivity index (χ1n) is 8.27. The fraction of sp³-hybridized carbons (Fsp3) is 0.200. The van der Waals surface area contributed by atoms with E-state index in [0.717, 1.165) is 17.7 Å². The van der Waals surface area contributed by atoms with Crippen LogP contribution < -0.4 is 10.1 Å². The smallest absolute Gasteiger partial charge is 0.256 e. The van der Waals surface area contributed by atoms with E-state index in [4.69, 9.17) is 4.74 Å². The maximum Gasteiger partial charge on any atom is 0.256 e. The minimum absolute atomic E-state index is 0.145. The third-order valence-electron chi connectivity index (χ3n) is 3.98. The van der Waals surface area contributed by atoms with Crippen LogP contribution >= 0.6 is 0 Å². The molecular weight excluding hydrogens is 314 g/mol. The number of hydrogen-bond acceptors (Lipinski definition) is 3. The third kappa shape index (κ3) is 4.26. The van der Waals surface area contributed by atoms with Crippen LogP contribution in [0.25, 0.3) is 0 Å². The molecule has 5 nitrogen and oxygen atoms in total. The molecule has 0 saturated carbocycles. The molecule has 1 heterocycles. The summed E-state index contributed by atoms with van der Waals surface area (Å²) in [5, 5.41) is 7.07. The van der Waals surface area contributed by atoms with Gasteiger partial charge in [-0.15, -0.1) is 0 Å². The van der Waals surface area contributed by atoms with Crippen LogP contribution in [0.15, 0.2) is 60.9 Å². The number of nitrogens with one attached hydrogen (secondary N) is 1. The van der Waals surface area contributed by atoms with Gasteiger partial charge >= 0.3 is 0 Å². The van der Waals surface area contributed by atoms with Gasteiger partial charge in [-0.3, -0.25) is 4.79 Å². The van der Waals surface area contributed by atoms with Crippen molar-refractivity contribution in [3.05, 3.63) is 77.6 Å². The first-order chi connectivity index (χ1) is 12.2. The molecule has 0 aliphatic heterocycles. The van der Waals surface area contributed by atoms with Crippen molar-refractivity contribution >= 4 is 11.6 Å². The average molecular weight is 335 g/mol. The molecule has 0 radical (unpaired) electrons. The van der Waals surface area contributed by atoms with Gasteiger partial charge in [-0.05, 0) is 42.7 Å². The molecule has 0 aliphatic carbocycles. The summed E-state index contributed by atoms with van der Waals surface area (Å²) >= 11 is 0. The van der Waals surface area contributed by atoms with Gasteiger partial charge in [0.15, 0.2) is 6.73 Å². The number of aryl methyl sites for hydroxylation is 2. The Morgan fingerprint density at radius 3 is 2.64 bits per heavy atom. The van der Waals surface area contributed by atoms with Crippen molar-refractivity contribution < 1.29 is 9.53 Å². The molecule has 5 heteroatoms. The van der Waals surface area contributed by atoms with Gasteiger partial charge in [0.25, 0.3) is 5.91 Å². The van der Waals surface area contributed by atoms with Crippen molar-refractivity contribution in [3.63, 3.8) is 0 Å². The molecular formula is C20H21N3O2. The molecule has 1 aromatic heterocycles. The van der Waals surface area contributed by atoms with E-state index >= 15 is 0 Å². The monoisotopic (exact) mass is 335 g/mol. The predicted molar refractivity (Wildman–Crippen MR) is 97.8 cm³/mol. The topological polar surface area (TPSA) is 56.1 Å². The Morgan fingerprint density at radius 1 is 1.16 bits per heavy atom. The summed E-state index contributed by atoms with van der Waals surface area (Å²) in [5.41, 5.74) is 3.50. The van der Waals surface area contributed by atoms with Crippen molar-refractivity contribution in [3.8, 4) is 5.75 Å². The first kappa shape index (κ1) is 16.8. The van der Waals surface area contributed by atoms with E-state index in [1.807, 2.05) is 49.4 Å². The lowest BCUT2D eigenvalue weighted by Gasteiger charge is -2.07. The Balaban J connectivity index is 1.58. The highest BCUT2D eigenvalue weighted by molar-refractivity contribution is 6.05.